The van der Waals surface area contributed by atoms with Crippen LogP contribution in [0.3, 0.4) is 0 Å². The minimum atomic E-state index is 0.615. The van der Waals surface area contributed by atoms with Crippen LogP contribution in [-0.2, 0) is 4.74 Å². The molecule has 0 saturated heterocycles. The molecule has 90 valence electrons. The molecule has 0 aromatic carbocycles. The monoisotopic (exact) mass is 214 g/mol. The van der Waals surface area contributed by atoms with E-state index in [4.69, 9.17) is 4.74 Å². The fourth-order valence-corrected chi connectivity index (χ4v) is 1.84. The minimum Gasteiger partial charge on any atom is -0.383 e. The van der Waals surface area contributed by atoms with Crippen LogP contribution in [0, 0.1) is 11.3 Å². The van der Waals surface area contributed by atoms with Crippen LogP contribution in [0.15, 0.2) is 0 Å². The van der Waals surface area contributed by atoms with Crippen molar-refractivity contribution in [2.75, 3.05) is 39.9 Å². The van der Waals surface area contributed by atoms with E-state index in [2.05, 4.69) is 24.5 Å². The van der Waals surface area contributed by atoms with Gasteiger partial charge in [-0.25, -0.2) is 0 Å². The molecule has 0 radical (unpaired) electrons. The molecule has 1 aliphatic rings. The Kier molecular flexibility index (Phi) is 5.58. The molecule has 0 spiro atoms. The normalized spacial score (nSPS) is 23.0. The summed E-state index contributed by atoms with van der Waals surface area (Å²) >= 11 is 0. The van der Waals surface area contributed by atoms with Crippen molar-refractivity contribution in [2.45, 2.75) is 26.7 Å². The van der Waals surface area contributed by atoms with Gasteiger partial charge in [0.15, 0.2) is 0 Å². The van der Waals surface area contributed by atoms with E-state index in [1.807, 2.05) is 0 Å². The highest BCUT2D eigenvalue weighted by Crippen LogP contribution is 2.50. The summed E-state index contributed by atoms with van der Waals surface area (Å²) < 4.78 is 4.95. The molecule has 0 heterocycles. The Morgan fingerprint density at radius 2 is 1.87 bits per heavy atom. The zero-order valence-electron chi connectivity index (χ0n) is 10.4. The summed E-state index contributed by atoms with van der Waals surface area (Å²) in [6.07, 6.45) is 2.60. The van der Waals surface area contributed by atoms with Crippen molar-refractivity contribution in [2.24, 2.45) is 11.3 Å². The van der Waals surface area contributed by atoms with E-state index in [-0.39, 0.29) is 0 Å². The van der Waals surface area contributed by atoms with Crippen LogP contribution >= 0.6 is 0 Å². The lowest BCUT2D eigenvalue weighted by atomic mass is 10.1. The maximum Gasteiger partial charge on any atom is 0.0587 e. The highest BCUT2D eigenvalue weighted by molar-refractivity contribution is 4.95. The Labute approximate surface area is 94.0 Å². The van der Waals surface area contributed by atoms with Gasteiger partial charge in [-0.15, -0.1) is 0 Å². The molecule has 1 unspecified atom stereocenters. The van der Waals surface area contributed by atoms with Crippen molar-refractivity contribution in [3.8, 4) is 0 Å². The Hall–Kier alpha value is -0.120. The predicted octanol–water partition coefficient (Wildman–Crippen LogP) is 1.25. The van der Waals surface area contributed by atoms with Gasteiger partial charge in [0.1, 0.15) is 0 Å². The first kappa shape index (κ1) is 12.9. The largest absolute Gasteiger partial charge is 0.383 e. The van der Waals surface area contributed by atoms with Crippen LogP contribution in [0.4, 0.5) is 0 Å². The van der Waals surface area contributed by atoms with Crippen molar-refractivity contribution < 1.29 is 4.74 Å². The molecule has 3 heteroatoms. The van der Waals surface area contributed by atoms with Gasteiger partial charge in [0.05, 0.1) is 6.61 Å². The molecule has 0 bridgehead atoms. The standard InChI is InChI=1S/C12H26N2O/c1-12(2)9-11(12)10-14-6-4-5-13-7-8-15-3/h11,13-14H,4-10H2,1-3H3. The first-order valence-electron chi connectivity index (χ1n) is 6.07. The van der Waals surface area contributed by atoms with Crippen LogP contribution in [0.2, 0.25) is 0 Å². The Morgan fingerprint density at radius 1 is 1.20 bits per heavy atom. The van der Waals surface area contributed by atoms with Crippen LogP contribution in [0.25, 0.3) is 0 Å². The highest BCUT2D eigenvalue weighted by Gasteiger charge is 2.44. The summed E-state index contributed by atoms with van der Waals surface area (Å²) in [5, 5.41) is 6.86. The molecule has 0 aromatic heterocycles. The third-order valence-electron chi connectivity index (χ3n) is 3.30. The summed E-state index contributed by atoms with van der Waals surface area (Å²) in [5.41, 5.74) is 0.615. The molecule has 0 aromatic rings. The van der Waals surface area contributed by atoms with Crippen LogP contribution < -0.4 is 10.6 Å². The Morgan fingerprint density at radius 3 is 2.47 bits per heavy atom. The van der Waals surface area contributed by atoms with E-state index in [0.29, 0.717) is 5.41 Å². The fourth-order valence-electron chi connectivity index (χ4n) is 1.84. The Balaban J connectivity index is 1.74. The molecule has 1 aliphatic carbocycles. The van der Waals surface area contributed by atoms with E-state index >= 15 is 0 Å². The molecule has 2 N–H and O–H groups in total. The summed E-state index contributed by atoms with van der Waals surface area (Å²) in [6.45, 7) is 9.90. The molecular weight excluding hydrogens is 188 g/mol. The van der Waals surface area contributed by atoms with Crippen LogP contribution in [0.1, 0.15) is 26.7 Å². The smallest absolute Gasteiger partial charge is 0.0587 e. The molecule has 1 atom stereocenters. The molecule has 1 fully saturated rings. The van der Waals surface area contributed by atoms with Gasteiger partial charge in [0, 0.05) is 13.7 Å². The van der Waals surface area contributed by atoms with Gasteiger partial charge in [0.2, 0.25) is 0 Å². The van der Waals surface area contributed by atoms with Crippen molar-refractivity contribution in [3.63, 3.8) is 0 Å². The molecule has 1 saturated carbocycles. The summed E-state index contributed by atoms with van der Waals surface area (Å²) in [7, 11) is 1.74. The van der Waals surface area contributed by atoms with Crippen molar-refractivity contribution >= 4 is 0 Å². The van der Waals surface area contributed by atoms with Crippen molar-refractivity contribution in [1.29, 1.82) is 0 Å². The molecule has 0 aliphatic heterocycles. The number of methoxy groups -OCH3 is 1. The third kappa shape index (κ3) is 5.50. The number of nitrogens with one attached hydrogen (secondary N) is 2. The van der Waals surface area contributed by atoms with Gasteiger partial charge in [0.25, 0.3) is 0 Å². The van der Waals surface area contributed by atoms with Gasteiger partial charge in [-0.2, -0.15) is 0 Å². The number of hydrogen-bond donors (Lipinski definition) is 2. The second-order valence-corrected chi connectivity index (χ2v) is 5.19. The van der Waals surface area contributed by atoms with Crippen molar-refractivity contribution in [1.82, 2.24) is 10.6 Å². The first-order chi connectivity index (χ1) is 7.17. The first-order valence-corrected chi connectivity index (χ1v) is 6.07. The van der Waals surface area contributed by atoms with E-state index in [9.17, 15) is 0 Å². The maximum atomic E-state index is 4.95. The SMILES string of the molecule is COCCNCCCNCC1CC1(C)C. The quantitative estimate of drug-likeness (QED) is 0.567. The van der Waals surface area contributed by atoms with Gasteiger partial charge < -0.3 is 15.4 Å². The predicted molar refractivity (Wildman–Crippen MR) is 64.1 cm³/mol. The topological polar surface area (TPSA) is 33.3 Å². The lowest BCUT2D eigenvalue weighted by Crippen LogP contribution is -2.25. The van der Waals surface area contributed by atoms with Gasteiger partial charge >= 0.3 is 0 Å². The maximum absolute atomic E-state index is 4.95. The molecule has 3 nitrogen and oxygen atoms in total. The lowest BCUT2D eigenvalue weighted by molar-refractivity contribution is 0.199. The summed E-state index contributed by atoms with van der Waals surface area (Å²) in [5.74, 6) is 0.916. The Bertz CT molecular complexity index is 171. The van der Waals surface area contributed by atoms with E-state index in [1.54, 1.807) is 7.11 Å². The molecule has 0 amide bonds. The van der Waals surface area contributed by atoms with Gasteiger partial charge in [-0.3, -0.25) is 0 Å². The van der Waals surface area contributed by atoms with Gasteiger partial charge in [-0.05, 0) is 43.8 Å². The van der Waals surface area contributed by atoms with Crippen LogP contribution in [-0.4, -0.2) is 39.9 Å². The highest BCUT2D eigenvalue weighted by atomic mass is 16.5. The lowest BCUT2D eigenvalue weighted by Gasteiger charge is -2.07. The summed E-state index contributed by atoms with van der Waals surface area (Å²) in [6, 6.07) is 0. The van der Waals surface area contributed by atoms with E-state index in [0.717, 1.165) is 32.2 Å². The van der Waals surface area contributed by atoms with Crippen LogP contribution in [0.5, 0.6) is 0 Å². The molecule has 1 rings (SSSR count). The minimum absolute atomic E-state index is 0.615. The van der Waals surface area contributed by atoms with Crippen molar-refractivity contribution in [3.05, 3.63) is 0 Å². The zero-order chi connectivity index (χ0) is 11.1. The van der Waals surface area contributed by atoms with E-state index < -0.39 is 0 Å². The second kappa shape index (κ2) is 6.46. The number of rotatable bonds is 9. The van der Waals surface area contributed by atoms with Gasteiger partial charge in [-0.1, -0.05) is 13.8 Å². The second-order valence-electron chi connectivity index (χ2n) is 5.19. The fraction of sp³-hybridized carbons (Fsp3) is 1.00. The number of hydrogen-bond acceptors (Lipinski definition) is 3. The number of ether oxygens (including phenoxy) is 1. The van der Waals surface area contributed by atoms with E-state index in [1.165, 1.54) is 19.4 Å². The molecular formula is C12H26N2O. The third-order valence-corrected chi connectivity index (χ3v) is 3.30. The average Bonchev–Trinajstić information content (AvgIpc) is 2.79. The molecule has 15 heavy (non-hydrogen) atoms. The summed E-state index contributed by atoms with van der Waals surface area (Å²) in [4.78, 5) is 0. The zero-order valence-corrected chi connectivity index (χ0v) is 10.4. The average molecular weight is 214 g/mol.